The first-order chi connectivity index (χ1) is 9.08. The second-order valence-electron chi connectivity index (χ2n) is 4.29. The third kappa shape index (κ3) is 3.36. The van der Waals surface area contributed by atoms with Gasteiger partial charge in [0.25, 0.3) is 0 Å². The summed E-state index contributed by atoms with van der Waals surface area (Å²) in [5.41, 5.74) is 6.51. The van der Waals surface area contributed by atoms with Gasteiger partial charge in [0.05, 0.1) is 12.3 Å². The van der Waals surface area contributed by atoms with Gasteiger partial charge < -0.3 is 15.5 Å². The number of carbonyl (C=O) groups is 1. The van der Waals surface area contributed by atoms with Crippen LogP contribution in [0.15, 0.2) is 41.0 Å². The lowest BCUT2D eigenvalue weighted by molar-refractivity contribution is 0.100. The monoisotopic (exact) mass is 278 g/mol. The molecule has 100 valence electrons. The van der Waals surface area contributed by atoms with E-state index in [1.165, 1.54) is 0 Å². The van der Waals surface area contributed by atoms with E-state index in [2.05, 4.69) is 5.32 Å². The highest BCUT2D eigenvalue weighted by Gasteiger charge is 2.10. The van der Waals surface area contributed by atoms with Gasteiger partial charge in [0, 0.05) is 17.1 Å². The molecule has 0 bridgehead atoms. The number of carbonyl (C=O) groups excluding carboxylic acids is 1. The summed E-state index contributed by atoms with van der Waals surface area (Å²) in [4.78, 5) is 11.0. The van der Waals surface area contributed by atoms with Crippen LogP contribution in [0, 0.1) is 0 Å². The molecule has 2 aromatic rings. The normalized spacial score (nSPS) is 12.3. The Kier molecular flexibility index (Phi) is 4.24. The molecule has 0 aliphatic carbocycles. The third-order valence-electron chi connectivity index (χ3n) is 2.91. The smallest absolute Gasteiger partial charge is 0.248 e. The summed E-state index contributed by atoms with van der Waals surface area (Å²) in [5.74, 6) is 0.384. The topological polar surface area (TPSA) is 68.3 Å². The van der Waals surface area contributed by atoms with Gasteiger partial charge in [-0.1, -0.05) is 17.7 Å². The van der Waals surface area contributed by atoms with Crippen molar-refractivity contribution in [2.45, 2.75) is 19.5 Å². The molecule has 0 saturated heterocycles. The number of halogens is 1. The quantitative estimate of drug-likeness (QED) is 0.884. The summed E-state index contributed by atoms with van der Waals surface area (Å²) in [7, 11) is 0. The molecule has 0 unspecified atom stereocenters. The molecular weight excluding hydrogens is 264 g/mol. The molecule has 1 atom stereocenters. The second kappa shape index (κ2) is 5.91. The fourth-order valence-corrected chi connectivity index (χ4v) is 1.99. The summed E-state index contributed by atoms with van der Waals surface area (Å²) < 4.78 is 5.31. The zero-order valence-electron chi connectivity index (χ0n) is 10.5. The molecule has 0 saturated carbocycles. The highest BCUT2D eigenvalue weighted by Crippen LogP contribution is 2.19. The standard InChI is InChI=1S/C14H15ClN2O2/c1-9(13-3-2-6-19-13)17-8-11-5-4-10(14(16)18)7-12(11)15/h2-7,9,17H,8H2,1H3,(H2,16,18)/t9-/m1/s1. The SMILES string of the molecule is C[C@@H](NCc1ccc(C(N)=O)cc1Cl)c1ccco1. The number of amides is 1. The molecule has 0 spiro atoms. The van der Waals surface area contributed by atoms with Gasteiger partial charge in [-0.2, -0.15) is 0 Å². The van der Waals surface area contributed by atoms with E-state index in [0.29, 0.717) is 17.1 Å². The van der Waals surface area contributed by atoms with Crippen LogP contribution in [0.3, 0.4) is 0 Å². The number of hydrogen-bond donors (Lipinski definition) is 2. The predicted molar refractivity (Wildman–Crippen MR) is 73.9 cm³/mol. The van der Waals surface area contributed by atoms with Crippen LogP contribution < -0.4 is 11.1 Å². The Labute approximate surface area is 116 Å². The molecule has 4 nitrogen and oxygen atoms in total. The van der Waals surface area contributed by atoms with Crippen LogP contribution >= 0.6 is 11.6 Å². The average Bonchev–Trinajstić information content (AvgIpc) is 2.90. The van der Waals surface area contributed by atoms with Crippen LogP contribution in [0.4, 0.5) is 0 Å². The Morgan fingerprint density at radius 3 is 2.84 bits per heavy atom. The predicted octanol–water partition coefficient (Wildman–Crippen LogP) is 2.88. The molecule has 1 aromatic carbocycles. The van der Waals surface area contributed by atoms with Gasteiger partial charge in [-0.3, -0.25) is 4.79 Å². The maximum atomic E-state index is 11.0. The Hall–Kier alpha value is -1.78. The molecule has 2 rings (SSSR count). The molecule has 5 heteroatoms. The summed E-state index contributed by atoms with van der Waals surface area (Å²) in [6.07, 6.45) is 1.64. The van der Waals surface area contributed by atoms with E-state index >= 15 is 0 Å². The lowest BCUT2D eigenvalue weighted by Gasteiger charge is -2.12. The minimum atomic E-state index is -0.481. The number of benzene rings is 1. The minimum Gasteiger partial charge on any atom is -0.468 e. The first-order valence-corrected chi connectivity index (χ1v) is 6.30. The molecular formula is C14H15ClN2O2. The highest BCUT2D eigenvalue weighted by atomic mass is 35.5. The molecule has 0 fully saturated rings. The molecule has 0 aliphatic rings. The zero-order valence-corrected chi connectivity index (χ0v) is 11.3. The fourth-order valence-electron chi connectivity index (χ4n) is 1.75. The fraction of sp³-hybridized carbons (Fsp3) is 0.214. The summed E-state index contributed by atoms with van der Waals surface area (Å²) >= 11 is 6.11. The summed E-state index contributed by atoms with van der Waals surface area (Å²) in [5, 5.41) is 3.82. The number of primary amides is 1. The molecule has 0 radical (unpaired) electrons. The number of hydrogen-bond acceptors (Lipinski definition) is 3. The number of furan rings is 1. The van der Waals surface area contributed by atoms with Crippen molar-refractivity contribution in [2.75, 3.05) is 0 Å². The van der Waals surface area contributed by atoms with E-state index in [4.69, 9.17) is 21.8 Å². The minimum absolute atomic E-state index is 0.0851. The van der Waals surface area contributed by atoms with Gasteiger partial charge in [0.15, 0.2) is 0 Å². The van der Waals surface area contributed by atoms with Gasteiger partial charge in [-0.05, 0) is 36.8 Å². The van der Waals surface area contributed by atoms with Crippen molar-refractivity contribution >= 4 is 17.5 Å². The summed E-state index contributed by atoms with van der Waals surface area (Å²) in [6, 6.07) is 8.89. The lowest BCUT2D eigenvalue weighted by Crippen LogP contribution is -2.18. The van der Waals surface area contributed by atoms with E-state index in [-0.39, 0.29) is 6.04 Å². The van der Waals surface area contributed by atoms with Gasteiger partial charge in [-0.25, -0.2) is 0 Å². The van der Waals surface area contributed by atoms with E-state index in [1.54, 1.807) is 24.5 Å². The number of nitrogens with two attached hydrogens (primary N) is 1. The van der Waals surface area contributed by atoms with Crippen LogP contribution in [0.2, 0.25) is 5.02 Å². The van der Waals surface area contributed by atoms with Crippen molar-refractivity contribution in [3.05, 3.63) is 58.5 Å². The maximum Gasteiger partial charge on any atom is 0.248 e. The van der Waals surface area contributed by atoms with Crippen LogP contribution in [-0.4, -0.2) is 5.91 Å². The van der Waals surface area contributed by atoms with Gasteiger partial charge in [-0.15, -0.1) is 0 Å². The van der Waals surface area contributed by atoms with Crippen molar-refractivity contribution in [1.29, 1.82) is 0 Å². The highest BCUT2D eigenvalue weighted by molar-refractivity contribution is 6.31. The lowest BCUT2D eigenvalue weighted by atomic mass is 10.1. The van der Waals surface area contributed by atoms with Crippen molar-refractivity contribution in [1.82, 2.24) is 5.32 Å². The van der Waals surface area contributed by atoms with E-state index < -0.39 is 5.91 Å². The van der Waals surface area contributed by atoms with Crippen molar-refractivity contribution < 1.29 is 9.21 Å². The third-order valence-corrected chi connectivity index (χ3v) is 3.26. The van der Waals surface area contributed by atoms with Crippen LogP contribution in [0.1, 0.15) is 34.6 Å². The van der Waals surface area contributed by atoms with Crippen molar-refractivity contribution in [3.8, 4) is 0 Å². The van der Waals surface area contributed by atoms with Gasteiger partial charge in [0.2, 0.25) is 5.91 Å². The molecule has 19 heavy (non-hydrogen) atoms. The van der Waals surface area contributed by atoms with Crippen LogP contribution in [0.25, 0.3) is 0 Å². The van der Waals surface area contributed by atoms with Gasteiger partial charge in [0.1, 0.15) is 5.76 Å². The van der Waals surface area contributed by atoms with E-state index in [9.17, 15) is 4.79 Å². The maximum absolute atomic E-state index is 11.0. The zero-order chi connectivity index (χ0) is 13.8. The van der Waals surface area contributed by atoms with E-state index in [1.807, 2.05) is 19.1 Å². The van der Waals surface area contributed by atoms with Gasteiger partial charge >= 0.3 is 0 Å². The number of rotatable bonds is 5. The van der Waals surface area contributed by atoms with Crippen LogP contribution in [0.5, 0.6) is 0 Å². The number of nitrogens with one attached hydrogen (secondary N) is 1. The first kappa shape index (κ1) is 13.6. The first-order valence-electron chi connectivity index (χ1n) is 5.93. The largest absolute Gasteiger partial charge is 0.468 e. The van der Waals surface area contributed by atoms with Crippen molar-refractivity contribution in [2.24, 2.45) is 5.73 Å². The van der Waals surface area contributed by atoms with Crippen molar-refractivity contribution in [3.63, 3.8) is 0 Å². The molecule has 1 heterocycles. The molecule has 1 aromatic heterocycles. The molecule has 0 aliphatic heterocycles. The second-order valence-corrected chi connectivity index (χ2v) is 4.70. The molecule has 1 amide bonds. The molecule has 3 N–H and O–H groups in total. The van der Waals surface area contributed by atoms with Crippen LogP contribution in [-0.2, 0) is 6.54 Å². The Morgan fingerprint density at radius 2 is 2.26 bits per heavy atom. The van der Waals surface area contributed by atoms with E-state index in [0.717, 1.165) is 11.3 Å². The average molecular weight is 279 g/mol. The Bertz CT molecular complexity index is 567. The summed E-state index contributed by atoms with van der Waals surface area (Å²) in [6.45, 7) is 2.59. The Morgan fingerprint density at radius 1 is 1.47 bits per heavy atom. The Balaban J connectivity index is 2.02.